The number of carbonyl (C=O) groups excluding carboxylic acids is 1. The first kappa shape index (κ1) is 35.4. The number of nitrogen functional groups attached to an aromatic ring is 1. The molecule has 16 heteroatoms. The van der Waals surface area contributed by atoms with E-state index >= 15 is 0 Å². The van der Waals surface area contributed by atoms with Crippen LogP contribution in [0.25, 0.3) is 33.2 Å². The number of phenolic OH excluding ortho intramolecular Hbond substituents is 1. The zero-order chi connectivity index (χ0) is 37.3. The van der Waals surface area contributed by atoms with Gasteiger partial charge in [0.2, 0.25) is 5.91 Å². The number of nitrogens with two attached hydrogens (primary N) is 1. The molecular formula is C37H35F3N8O5. The van der Waals surface area contributed by atoms with Crippen LogP contribution in [0.1, 0.15) is 35.4 Å². The Hall–Kier alpha value is -6.03. The molecule has 1 aliphatic heterocycles. The Morgan fingerprint density at radius 3 is 2.53 bits per heavy atom. The molecule has 0 unspecified atom stereocenters. The highest BCUT2D eigenvalue weighted by molar-refractivity contribution is 5.98. The van der Waals surface area contributed by atoms with Crippen LogP contribution in [0.5, 0.6) is 11.5 Å². The van der Waals surface area contributed by atoms with Crippen LogP contribution in [0.2, 0.25) is 0 Å². The van der Waals surface area contributed by atoms with Gasteiger partial charge in [-0.1, -0.05) is 12.1 Å². The van der Waals surface area contributed by atoms with Crippen LogP contribution in [-0.2, 0) is 35.2 Å². The molecule has 3 aromatic heterocycles. The third-order valence-corrected chi connectivity index (χ3v) is 9.21. The summed E-state index contributed by atoms with van der Waals surface area (Å²) in [6.07, 6.45) is -2.23. The molecule has 274 valence electrons. The lowest BCUT2D eigenvalue weighted by molar-refractivity contribution is -0.138. The van der Waals surface area contributed by atoms with Crippen LogP contribution in [0.4, 0.5) is 19.0 Å². The molecule has 0 atom stereocenters. The quantitative estimate of drug-likeness (QED) is 0.200. The minimum absolute atomic E-state index is 0.00687. The van der Waals surface area contributed by atoms with E-state index in [2.05, 4.69) is 9.97 Å². The highest BCUT2D eigenvalue weighted by atomic mass is 19.4. The summed E-state index contributed by atoms with van der Waals surface area (Å²) in [5, 5.41) is 15.4. The second-order valence-electron chi connectivity index (χ2n) is 12.7. The molecule has 1 fully saturated rings. The van der Waals surface area contributed by atoms with E-state index in [9.17, 15) is 27.9 Å². The Morgan fingerprint density at radius 2 is 1.79 bits per heavy atom. The largest absolute Gasteiger partial charge is 0.508 e. The fraction of sp³-hybridized carbons (Fsp3) is 0.297. The second kappa shape index (κ2) is 14.5. The van der Waals surface area contributed by atoms with Gasteiger partial charge in [-0.05, 0) is 72.5 Å². The van der Waals surface area contributed by atoms with Crippen molar-refractivity contribution >= 4 is 33.7 Å². The number of halogens is 3. The van der Waals surface area contributed by atoms with Gasteiger partial charge in [-0.2, -0.15) is 18.3 Å². The van der Waals surface area contributed by atoms with Gasteiger partial charge in [0.25, 0.3) is 5.56 Å². The van der Waals surface area contributed by atoms with Gasteiger partial charge in [0, 0.05) is 25.1 Å². The van der Waals surface area contributed by atoms with Crippen molar-refractivity contribution in [1.82, 2.24) is 34.2 Å². The molecule has 3 aromatic carbocycles. The molecule has 1 amide bonds. The zero-order valence-corrected chi connectivity index (χ0v) is 28.6. The number of hydrogen-bond acceptors (Lipinski definition) is 10. The van der Waals surface area contributed by atoms with Crippen molar-refractivity contribution < 1.29 is 32.5 Å². The minimum Gasteiger partial charge on any atom is -0.508 e. The van der Waals surface area contributed by atoms with Crippen LogP contribution in [0.15, 0.2) is 71.8 Å². The number of hydrogen-bond donors (Lipinski definition) is 2. The summed E-state index contributed by atoms with van der Waals surface area (Å²) in [7, 11) is 1.27. The highest BCUT2D eigenvalue weighted by Gasteiger charge is 2.32. The summed E-state index contributed by atoms with van der Waals surface area (Å²) in [5.74, 6) is 0.388. The van der Waals surface area contributed by atoms with Crippen LogP contribution in [-0.4, -0.2) is 78.6 Å². The first-order valence-electron chi connectivity index (χ1n) is 16.9. The maximum atomic E-state index is 14.6. The van der Waals surface area contributed by atoms with Gasteiger partial charge in [-0.25, -0.2) is 19.6 Å². The molecule has 0 spiro atoms. The van der Waals surface area contributed by atoms with Gasteiger partial charge in [0.15, 0.2) is 5.65 Å². The van der Waals surface area contributed by atoms with Crippen LogP contribution < -0.4 is 16.0 Å². The van der Waals surface area contributed by atoms with Crippen LogP contribution in [0.3, 0.4) is 0 Å². The SMILES string of the molecule is COc1cc(Cn2c(Cn3nc(-c4ccc(O)cc4)c4c(N)ncnc43)nc3cccc(CCCC(=O)N4CCOCC4)c3c2=O)cc(C(F)(F)F)c1. The number of fused-ring (bicyclic) bond motifs is 2. The Kier molecular flexibility index (Phi) is 9.70. The molecule has 0 saturated carbocycles. The fourth-order valence-electron chi connectivity index (χ4n) is 6.58. The summed E-state index contributed by atoms with van der Waals surface area (Å²) in [6, 6.07) is 14.9. The van der Waals surface area contributed by atoms with E-state index in [1.165, 1.54) is 40.9 Å². The molecule has 0 bridgehead atoms. The van der Waals surface area contributed by atoms with Gasteiger partial charge in [0.1, 0.15) is 41.7 Å². The van der Waals surface area contributed by atoms with Crippen molar-refractivity contribution in [3.05, 3.63) is 99.9 Å². The number of carbonyl (C=O) groups is 1. The predicted octanol–water partition coefficient (Wildman–Crippen LogP) is 4.80. The number of aromatic hydroxyl groups is 1. The smallest absolute Gasteiger partial charge is 0.416 e. The monoisotopic (exact) mass is 728 g/mol. The third-order valence-electron chi connectivity index (χ3n) is 9.21. The molecule has 0 radical (unpaired) electrons. The number of methoxy groups -OCH3 is 1. The van der Waals surface area contributed by atoms with Gasteiger partial charge >= 0.3 is 6.18 Å². The summed E-state index contributed by atoms with van der Waals surface area (Å²) in [5.41, 5.74) is 7.48. The van der Waals surface area contributed by atoms with Crippen molar-refractivity contribution in [2.75, 3.05) is 39.1 Å². The molecule has 7 rings (SSSR count). The average molecular weight is 729 g/mol. The zero-order valence-electron chi connectivity index (χ0n) is 28.6. The van der Waals surface area contributed by atoms with E-state index < -0.39 is 17.3 Å². The van der Waals surface area contributed by atoms with E-state index in [0.717, 1.165) is 12.1 Å². The molecule has 6 aromatic rings. The number of benzene rings is 3. The van der Waals surface area contributed by atoms with Gasteiger partial charge in [0.05, 0.1) is 48.7 Å². The number of rotatable bonds is 10. The number of aryl methyl sites for hydroxylation is 1. The molecule has 1 saturated heterocycles. The van der Waals surface area contributed by atoms with Gasteiger partial charge in [-0.3, -0.25) is 14.2 Å². The predicted molar refractivity (Wildman–Crippen MR) is 189 cm³/mol. The summed E-state index contributed by atoms with van der Waals surface area (Å²) >= 11 is 0. The maximum Gasteiger partial charge on any atom is 0.416 e. The number of anilines is 1. The normalized spacial score (nSPS) is 13.5. The van der Waals surface area contributed by atoms with Crippen molar-refractivity contribution in [3.63, 3.8) is 0 Å². The number of morpholine rings is 1. The van der Waals surface area contributed by atoms with Crippen molar-refractivity contribution in [3.8, 4) is 22.8 Å². The summed E-state index contributed by atoms with van der Waals surface area (Å²) in [6.45, 7) is 1.66. The molecule has 53 heavy (non-hydrogen) atoms. The lowest BCUT2D eigenvalue weighted by atomic mass is 10.0. The molecule has 4 heterocycles. The number of aromatic nitrogens is 6. The molecule has 1 aliphatic rings. The summed E-state index contributed by atoms with van der Waals surface area (Å²) in [4.78, 5) is 42.7. The number of alkyl halides is 3. The first-order valence-corrected chi connectivity index (χ1v) is 16.9. The topological polar surface area (TPSA) is 164 Å². The average Bonchev–Trinajstić information content (AvgIpc) is 3.52. The number of ether oxygens (including phenoxy) is 2. The van der Waals surface area contributed by atoms with E-state index in [1.807, 2.05) is 0 Å². The molecular weight excluding hydrogens is 693 g/mol. The van der Waals surface area contributed by atoms with E-state index in [0.29, 0.717) is 77.9 Å². The number of nitrogens with zero attached hydrogens (tertiary/aromatic N) is 7. The number of amides is 1. The van der Waals surface area contributed by atoms with Crippen LogP contribution >= 0.6 is 0 Å². The van der Waals surface area contributed by atoms with E-state index in [4.69, 9.17) is 25.3 Å². The molecule has 0 aliphatic carbocycles. The standard InChI is InChI=1S/C37H35F3N8O5/c1-52-27-17-22(16-25(18-27)37(38,39)40)19-47-29(20-48-35-32(34(41)42-21-43-35)33(45-48)24-8-10-26(49)11-9-24)44-28-6-2-4-23(31(28)36(47)51)5-3-7-30(50)46-12-14-53-15-13-46/h2,4,6,8-11,16-18,21,49H,3,5,7,12-15,19-20H2,1H3,(H2,41,42,43). The minimum atomic E-state index is -4.66. The lowest BCUT2D eigenvalue weighted by Crippen LogP contribution is -2.40. The fourth-order valence-corrected chi connectivity index (χ4v) is 6.58. The third kappa shape index (κ3) is 7.35. The van der Waals surface area contributed by atoms with Gasteiger partial charge < -0.3 is 25.2 Å². The molecule has 3 N–H and O–H groups in total. The number of phenols is 1. The second-order valence-corrected chi connectivity index (χ2v) is 12.7. The highest BCUT2D eigenvalue weighted by Crippen LogP contribution is 2.34. The lowest BCUT2D eigenvalue weighted by Gasteiger charge is -2.26. The van der Waals surface area contributed by atoms with Gasteiger partial charge in [-0.15, -0.1) is 0 Å². The van der Waals surface area contributed by atoms with Crippen molar-refractivity contribution in [1.29, 1.82) is 0 Å². The Bertz CT molecular complexity index is 2370. The Morgan fingerprint density at radius 1 is 1.02 bits per heavy atom. The first-order chi connectivity index (χ1) is 25.5. The Balaban J connectivity index is 1.33. The summed E-state index contributed by atoms with van der Waals surface area (Å²) < 4.78 is 55.2. The maximum absolute atomic E-state index is 14.6. The van der Waals surface area contributed by atoms with Crippen molar-refractivity contribution in [2.24, 2.45) is 0 Å². The van der Waals surface area contributed by atoms with E-state index in [1.54, 1.807) is 35.2 Å². The molecule has 13 nitrogen and oxygen atoms in total. The van der Waals surface area contributed by atoms with Crippen LogP contribution in [0, 0.1) is 0 Å². The van der Waals surface area contributed by atoms with E-state index in [-0.39, 0.29) is 54.1 Å². The Labute approximate surface area is 300 Å². The van der Waals surface area contributed by atoms with Crippen molar-refractivity contribution in [2.45, 2.75) is 38.5 Å².